The van der Waals surface area contributed by atoms with Gasteiger partial charge in [-0.15, -0.1) is 0 Å². The predicted molar refractivity (Wildman–Crippen MR) is 162 cm³/mol. The Balaban J connectivity index is 0. The number of carboxylic acid groups (broad SMARTS) is 1. The summed E-state index contributed by atoms with van der Waals surface area (Å²) in [5.41, 5.74) is 0. The molecular weight excluding hydrogens is 493 g/mol. The van der Waals surface area contributed by atoms with Crippen molar-refractivity contribution in [1.82, 2.24) is 4.90 Å². The second-order valence-corrected chi connectivity index (χ2v) is 11.8. The Morgan fingerprint density at radius 3 is 0.921 bits per heavy atom. The minimum Gasteiger partial charge on any atom is -0.550 e. The third-order valence-corrected chi connectivity index (χ3v) is 8.01. The maximum absolute atomic E-state index is 10.7. The van der Waals surface area contributed by atoms with Gasteiger partial charge in [0.25, 0.3) is 0 Å². The standard InChI is InChI=1S/C34H69NO2.K/c1-3-5-7-9-11-13-15-17-19-21-23-27-31-35(33-29-25-26-30-34(36)37)32-28-24-22-20-18-16-14-12-10-8-6-4-2;/h3-33H2,1-2H3,(H,36,37);/q;+1/p-1. The second-order valence-electron chi connectivity index (χ2n) is 11.8. The molecule has 0 aliphatic heterocycles. The molecular formula is C34H68KNO2. The Bertz CT molecular complexity index is 418. The van der Waals surface area contributed by atoms with E-state index >= 15 is 0 Å². The summed E-state index contributed by atoms with van der Waals surface area (Å²) in [6.07, 6.45) is 36.9. The quantitative estimate of drug-likeness (QED) is 0.0656. The molecule has 4 heteroatoms. The van der Waals surface area contributed by atoms with Gasteiger partial charge in [0.2, 0.25) is 0 Å². The van der Waals surface area contributed by atoms with Crippen LogP contribution in [0.4, 0.5) is 0 Å². The van der Waals surface area contributed by atoms with Crippen LogP contribution in [-0.2, 0) is 4.79 Å². The Hall–Kier alpha value is 1.07. The Morgan fingerprint density at radius 2 is 0.658 bits per heavy atom. The van der Waals surface area contributed by atoms with Crippen LogP contribution in [0.15, 0.2) is 0 Å². The number of nitrogens with zero attached hydrogens (tertiary/aromatic N) is 1. The van der Waals surface area contributed by atoms with Crippen molar-refractivity contribution in [3.63, 3.8) is 0 Å². The van der Waals surface area contributed by atoms with Crippen molar-refractivity contribution in [2.75, 3.05) is 19.6 Å². The van der Waals surface area contributed by atoms with E-state index in [1.807, 2.05) is 0 Å². The molecule has 0 saturated carbocycles. The van der Waals surface area contributed by atoms with Gasteiger partial charge in [-0.2, -0.15) is 0 Å². The summed E-state index contributed by atoms with van der Waals surface area (Å²) >= 11 is 0. The minimum atomic E-state index is -0.898. The zero-order chi connectivity index (χ0) is 27.1. The van der Waals surface area contributed by atoms with Crippen molar-refractivity contribution >= 4 is 5.97 Å². The molecule has 0 atom stereocenters. The van der Waals surface area contributed by atoms with E-state index in [0.717, 1.165) is 25.8 Å². The molecule has 0 heterocycles. The smallest absolute Gasteiger partial charge is 0.550 e. The zero-order valence-electron chi connectivity index (χ0n) is 26.7. The van der Waals surface area contributed by atoms with E-state index < -0.39 is 5.97 Å². The molecule has 0 aliphatic carbocycles. The molecule has 0 aromatic rings. The fraction of sp³-hybridized carbons (Fsp3) is 0.971. The van der Waals surface area contributed by atoms with Crippen molar-refractivity contribution in [1.29, 1.82) is 0 Å². The topological polar surface area (TPSA) is 43.4 Å². The molecule has 38 heavy (non-hydrogen) atoms. The molecule has 3 nitrogen and oxygen atoms in total. The number of carboxylic acids is 1. The predicted octanol–water partition coefficient (Wildman–Crippen LogP) is 7.00. The average molecular weight is 562 g/mol. The van der Waals surface area contributed by atoms with E-state index in [-0.39, 0.29) is 57.8 Å². The second kappa shape index (κ2) is 36.1. The van der Waals surface area contributed by atoms with Crippen molar-refractivity contribution < 1.29 is 61.3 Å². The van der Waals surface area contributed by atoms with Gasteiger partial charge in [0.1, 0.15) is 0 Å². The average Bonchev–Trinajstić information content (AvgIpc) is 2.89. The van der Waals surface area contributed by atoms with E-state index in [1.165, 1.54) is 167 Å². The fourth-order valence-corrected chi connectivity index (χ4v) is 5.47. The molecule has 0 amide bonds. The third-order valence-electron chi connectivity index (χ3n) is 8.01. The summed E-state index contributed by atoms with van der Waals surface area (Å²) < 4.78 is 0. The number of hydrogen-bond acceptors (Lipinski definition) is 3. The number of carbonyl (C=O) groups is 1. The number of hydrogen-bond donors (Lipinski definition) is 0. The monoisotopic (exact) mass is 561 g/mol. The molecule has 0 aliphatic rings. The molecule has 0 rings (SSSR count). The molecule has 0 spiro atoms. The van der Waals surface area contributed by atoms with Gasteiger partial charge < -0.3 is 14.8 Å². The Labute approximate surface area is 282 Å². The summed E-state index contributed by atoms with van der Waals surface area (Å²) in [4.78, 5) is 13.3. The largest absolute Gasteiger partial charge is 1.00 e. The van der Waals surface area contributed by atoms with E-state index in [0.29, 0.717) is 0 Å². The molecule has 222 valence electrons. The summed E-state index contributed by atoms with van der Waals surface area (Å²) in [6.45, 7) is 8.19. The summed E-state index contributed by atoms with van der Waals surface area (Å²) in [6, 6.07) is 0. The fourth-order valence-electron chi connectivity index (χ4n) is 5.47. The van der Waals surface area contributed by atoms with Gasteiger partial charge >= 0.3 is 51.4 Å². The first kappa shape index (κ1) is 41.2. The SMILES string of the molecule is CCCCCCCCCCCCCCN(CCCCCCCCCCCCCC)CCCCCC(=O)[O-].[K+]. The van der Waals surface area contributed by atoms with Crippen LogP contribution in [0.25, 0.3) is 0 Å². The van der Waals surface area contributed by atoms with Crippen molar-refractivity contribution in [2.45, 2.75) is 194 Å². The number of rotatable bonds is 32. The van der Waals surface area contributed by atoms with Crippen molar-refractivity contribution in [3.05, 3.63) is 0 Å². The first-order valence-electron chi connectivity index (χ1n) is 17.1. The van der Waals surface area contributed by atoms with Crippen LogP contribution in [0, 0.1) is 0 Å². The summed E-state index contributed by atoms with van der Waals surface area (Å²) in [5, 5.41) is 10.7. The molecule has 0 bridgehead atoms. The molecule has 0 aromatic carbocycles. The first-order chi connectivity index (χ1) is 18.2. The van der Waals surface area contributed by atoms with Gasteiger partial charge in [0, 0.05) is 5.97 Å². The van der Waals surface area contributed by atoms with Crippen LogP contribution >= 0.6 is 0 Å². The number of unbranched alkanes of at least 4 members (excludes halogenated alkanes) is 24. The summed E-state index contributed by atoms with van der Waals surface area (Å²) in [5.74, 6) is -0.898. The van der Waals surface area contributed by atoms with E-state index in [9.17, 15) is 9.90 Å². The van der Waals surface area contributed by atoms with Gasteiger partial charge in [0.15, 0.2) is 0 Å². The maximum atomic E-state index is 10.7. The molecule has 0 unspecified atom stereocenters. The van der Waals surface area contributed by atoms with E-state index in [2.05, 4.69) is 18.7 Å². The van der Waals surface area contributed by atoms with Crippen molar-refractivity contribution in [2.24, 2.45) is 0 Å². The number of aliphatic carboxylic acids is 1. The van der Waals surface area contributed by atoms with Crippen molar-refractivity contribution in [3.8, 4) is 0 Å². The molecule has 0 saturated heterocycles. The number of carbonyl (C=O) groups excluding carboxylic acids is 1. The molecule has 0 aromatic heterocycles. The molecule has 0 N–H and O–H groups in total. The zero-order valence-corrected chi connectivity index (χ0v) is 29.8. The van der Waals surface area contributed by atoms with Crippen LogP contribution in [0.3, 0.4) is 0 Å². The van der Waals surface area contributed by atoms with Gasteiger partial charge in [0.05, 0.1) is 0 Å². The van der Waals surface area contributed by atoms with E-state index in [1.54, 1.807) is 0 Å². The normalized spacial score (nSPS) is 11.2. The van der Waals surface area contributed by atoms with Crippen LogP contribution < -0.4 is 56.5 Å². The Morgan fingerprint density at radius 1 is 0.421 bits per heavy atom. The van der Waals surface area contributed by atoms with Crippen LogP contribution in [0.2, 0.25) is 0 Å². The van der Waals surface area contributed by atoms with Gasteiger partial charge in [-0.1, -0.05) is 162 Å². The van der Waals surface area contributed by atoms with E-state index in [4.69, 9.17) is 0 Å². The van der Waals surface area contributed by atoms with Crippen LogP contribution in [0.5, 0.6) is 0 Å². The molecule has 0 radical (unpaired) electrons. The maximum Gasteiger partial charge on any atom is 1.00 e. The van der Waals surface area contributed by atoms with Gasteiger partial charge in [-0.05, 0) is 51.7 Å². The molecule has 0 fully saturated rings. The first-order valence-corrected chi connectivity index (χ1v) is 17.1. The third kappa shape index (κ3) is 35.1. The summed E-state index contributed by atoms with van der Waals surface area (Å²) in [7, 11) is 0. The van der Waals surface area contributed by atoms with Crippen LogP contribution in [-0.4, -0.2) is 30.5 Å². The Kier molecular flexibility index (Phi) is 39.1. The van der Waals surface area contributed by atoms with Gasteiger partial charge in [-0.3, -0.25) is 0 Å². The van der Waals surface area contributed by atoms with Gasteiger partial charge in [-0.25, -0.2) is 0 Å². The van der Waals surface area contributed by atoms with Crippen LogP contribution in [0.1, 0.15) is 194 Å². The minimum absolute atomic E-state index is 0.